The van der Waals surface area contributed by atoms with Gasteiger partial charge >= 0.3 is 0 Å². The first-order chi connectivity index (χ1) is 9.96. The highest BCUT2D eigenvalue weighted by molar-refractivity contribution is 5.06. The molecule has 1 heterocycles. The maximum Gasteiger partial charge on any atom is 0.129 e. The van der Waals surface area contributed by atoms with Crippen molar-refractivity contribution in [3.8, 4) is 0 Å². The molecule has 0 bridgehead atoms. The summed E-state index contributed by atoms with van der Waals surface area (Å²) in [5.74, 6) is 2.78. The van der Waals surface area contributed by atoms with E-state index in [2.05, 4.69) is 33.0 Å². The molecule has 2 unspecified atom stereocenters. The van der Waals surface area contributed by atoms with Crippen molar-refractivity contribution in [3.63, 3.8) is 0 Å². The lowest BCUT2D eigenvalue weighted by Gasteiger charge is -2.28. The second kappa shape index (κ2) is 7.46. The molecule has 1 saturated carbocycles. The van der Waals surface area contributed by atoms with Gasteiger partial charge in [0.05, 0.1) is 12.6 Å². The first-order valence-corrected chi connectivity index (χ1v) is 8.40. The number of ether oxygens (including phenoxy) is 1. The van der Waals surface area contributed by atoms with Gasteiger partial charge in [0.15, 0.2) is 0 Å². The molecule has 1 N–H and O–H groups in total. The summed E-state index contributed by atoms with van der Waals surface area (Å²) in [5, 5.41) is 3.44. The third kappa shape index (κ3) is 5.84. The molecule has 0 aromatic carbocycles. The fourth-order valence-corrected chi connectivity index (χ4v) is 2.91. The number of rotatable bonds is 6. The Bertz CT molecular complexity index is 419. The summed E-state index contributed by atoms with van der Waals surface area (Å²) < 4.78 is 11.9. The van der Waals surface area contributed by atoms with E-state index in [-0.39, 0.29) is 5.54 Å². The highest BCUT2D eigenvalue weighted by Crippen LogP contribution is 2.29. The monoisotopic (exact) mass is 293 g/mol. The minimum Gasteiger partial charge on any atom is -0.462 e. The molecule has 1 aromatic heterocycles. The van der Waals surface area contributed by atoms with Crippen LogP contribution in [0.4, 0.5) is 0 Å². The third-order valence-electron chi connectivity index (χ3n) is 4.28. The van der Waals surface area contributed by atoms with Crippen LogP contribution in [0.3, 0.4) is 0 Å². The van der Waals surface area contributed by atoms with Gasteiger partial charge in [-0.15, -0.1) is 0 Å². The van der Waals surface area contributed by atoms with Crippen molar-refractivity contribution >= 4 is 0 Å². The first kappa shape index (κ1) is 16.6. The minimum atomic E-state index is 0.112. The second-order valence-electron chi connectivity index (χ2n) is 7.35. The van der Waals surface area contributed by atoms with Crippen molar-refractivity contribution in [2.75, 3.05) is 0 Å². The quantitative estimate of drug-likeness (QED) is 0.828. The van der Waals surface area contributed by atoms with Crippen molar-refractivity contribution in [1.29, 1.82) is 0 Å². The SMILES string of the molecule is CCC1CCCC(OCc2ccc(CNC(C)(C)C)o2)C1. The number of nitrogens with one attached hydrogen (secondary N) is 1. The normalized spacial score (nSPS) is 23.4. The summed E-state index contributed by atoms with van der Waals surface area (Å²) in [6, 6.07) is 4.09. The molecule has 21 heavy (non-hydrogen) atoms. The van der Waals surface area contributed by atoms with Gasteiger partial charge < -0.3 is 14.5 Å². The average Bonchev–Trinajstić information content (AvgIpc) is 2.90. The molecule has 1 fully saturated rings. The van der Waals surface area contributed by atoms with Crippen molar-refractivity contribution in [3.05, 3.63) is 23.7 Å². The van der Waals surface area contributed by atoms with E-state index in [9.17, 15) is 0 Å². The molecule has 0 saturated heterocycles. The molecule has 3 heteroatoms. The lowest BCUT2D eigenvalue weighted by molar-refractivity contribution is -0.00570. The zero-order valence-electron chi connectivity index (χ0n) is 14.1. The maximum atomic E-state index is 6.05. The van der Waals surface area contributed by atoms with Gasteiger partial charge in [-0.2, -0.15) is 0 Å². The predicted octanol–water partition coefficient (Wildman–Crippen LogP) is 4.65. The van der Waals surface area contributed by atoms with E-state index in [0.29, 0.717) is 12.7 Å². The van der Waals surface area contributed by atoms with Crippen LogP contribution >= 0.6 is 0 Å². The summed E-state index contributed by atoms with van der Waals surface area (Å²) in [5.41, 5.74) is 0.112. The predicted molar refractivity (Wildman–Crippen MR) is 86.1 cm³/mol. The van der Waals surface area contributed by atoms with E-state index in [1.165, 1.54) is 32.1 Å². The number of hydrogen-bond donors (Lipinski definition) is 1. The number of furan rings is 1. The maximum absolute atomic E-state index is 6.05. The van der Waals surface area contributed by atoms with E-state index >= 15 is 0 Å². The molecular formula is C18H31NO2. The minimum absolute atomic E-state index is 0.112. The van der Waals surface area contributed by atoms with E-state index in [1.807, 2.05) is 12.1 Å². The van der Waals surface area contributed by atoms with Gasteiger partial charge in [-0.25, -0.2) is 0 Å². The van der Waals surface area contributed by atoms with Crippen molar-refractivity contribution in [1.82, 2.24) is 5.32 Å². The molecule has 0 amide bonds. The Morgan fingerprint density at radius 1 is 1.24 bits per heavy atom. The summed E-state index contributed by atoms with van der Waals surface area (Å²) in [4.78, 5) is 0. The molecule has 120 valence electrons. The van der Waals surface area contributed by atoms with Crippen LogP contribution in [-0.2, 0) is 17.9 Å². The largest absolute Gasteiger partial charge is 0.462 e. The third-order valence-corrected chi connectivity index (χ3v) is 4.28. The Balaban J connectivity index is 1.75. The average molecular weight is 293 g/mol. The molecule has 1 aromatic rings. The van der Waals surface area contributed by atoms with Gasteiger partial charge in [-0.3, -0.25) is 0 Å². The standard InChI is InChI=1S/C18H31NO2/c1-5-14-7-6-8-15(11-14)20-13-17-10-9-16(21-17)12-19-18(2,3)4/h9-10,14-15,19H,5-8,11-13H2,1-4H3. The van der Waals surface area contributed by atoms with E-state index in [1.54, 1.807) is 0 Å². The second-order valence-corrected chi connectivity index (χ2v) is 7.35. The number of hydrogen-bond acceptors (Lipinski definition) is 3. The van der Waals surface area contributed by atoms with E-state index in [4.69, 9.17) is 9.15 Å². The molecule has 0 spiro atoms. The molecule has 2 rings (SSSR count). The van der Waals surface area contributed by atoms with Crippen LogP contribution in [0.25, 0.3) is 0 Å². The lowest BCUT2D eigenvalue weighted by atomic mass is 9.85. The Hall–Kier alpha value is -0.800. The Labute approximate surface area is 129 Å². The molecule has 1 aliphatic rings. The molecule has 0 radical (unpaired) electrons. The highest BCUT2D eigenvalue weighted by atomic mass is 16.5. The van der Waals surface area contributed by atoms with Crippen molar-refractivity contribution in [2.24, 2.45) is 5.92 Å². The fraction of sp³-hybridized carbons (Fsp3) is 0.778. The molecule has 0 aliphatic heterocycles. The van der Waals surface area contributed by atoms with Crippen LogP contribution in [0.15, 0.2) is 16.5 Å². The summed E-state index contributed by atoms with van der Waals surface area (Å²) in [6.45, 7) is 10.1. The molecule has 3 nitrogen and oxygen atoms in total. The zero-order valence-corrected chi connectivity index (χ0v) is 14.1. The van der Waals surface area contributed by atoms with Crippen LogP contribution in [-0.4, -0.2) is 11.6 Å². The van der Waals surface area contributed by atoms with Gasteiger partial charge in [-0.05, 0) is 51.7 Å². The first-order valence-electron chi connectivity index (χ1n) is 8.40. The smallest absolute Gasteiger partial charge is 0.129 e. The van der Waals surface area contributed by atoms with Gasteiger partial charge in [0, 0.05) is 5.54 Å². The van der Waals surface area contributed by atoms with Gasteiger partial charge in [0.25, 0.3) is 0 Å². The van der Waals surface area contributed by atoms with Crippen LogP contribution in [0.5, 0.6) is 0 Å². The fourth-order valence-electron chi connectivity index (χ4n) is 2.91. The summed E-state index contributed by atoms with van der Waals surface area (Å²) >= 11 is 0. The Morgan fingerprint density at radius 2 is 2.00 bits per heavy atom. The zero-order chi connectivity index (χ0) is 15.3. The molecular weight excluding hydrogens is 262 g/mol. The highest BCUT2D eigenvalue weighted by Gasteiger charge is 2.21. The topological polar surface area (TPSA) is 34.4 Å². The molecule has 2 atom stereocenters. The van der Waals surface area contributed by atoms with Crippen LogP contribution in [0, 0.1) is 5.92 Å². The van der Waals surface area contributed by atoms with Gasteiger partial charge in [0.1, 0.15) is 18.1 Å². The van der Waals surface area contributed by atoms with Crippen LogP contribution < -0.4 is 5.32 Å². The van der Waals surface area contributed by atoms with E-state index in [0.717, 1.165) is 24.0 Å². The summed E-state index contributed by atoms with van der Waals surface area (Å²) in [6.07, 6.45) is 6.81. The van der Waals surface area contributed by atoms with Crippen LogP contribution in [0.1, 0.15) is 71.3 Å². The lowest BCUT2D eigenvalue weighted by Crippen LogP contribution is -2.34. The van der Waals surface area contributed by atoms with Crippen molar-refractivity contribution in [2.45, 2.75) is 84.6 Å². The van der Waals surface area contributed by atoms with Crippen molar-refractivity contribution < 1.29 is 9.15 Å². The summed E-state index contributed by atoms with van der Waals surface area (Å²) in [7, 11) is 0. The van der Waals surface area contributed by atoms with Crippen LogP contribution in [0.2, 0.25) is 0 Å². The Morgan fingerprint density at radius 3 is 2.71 bits per heavy atom. The Kier molecular flexibility index (Phi) is 5.88. The van der Waals surface area contributed by atoms with Gasteiger partial charge in [0.2, 0.25) is 0 Å². The molecule has 1 aliphatic carbocycles. The van der Waals surface area contributed by atoms with E-state index < -0.39 is 0 Å². The van der Waals surface area contributed by atoms with Gasteiger partial charge in [-0.1, -0.05) is 26.2 Å².